The fourth-order valence-electron chi connectivity index (χ4n) is 1.41. The fraction of sp³-hybridized carbons (Fsp3) is 0.455. The van der Waals surface area contributed by atoms with Gasteiger partial charge in [-0.15, -0.1) is 0 Å². The number of nitrogens with two attached hydrogens (primary N) is 1. The lowest BCUT2D eigenvalue weighted by Crippen LogP contribution is -2.04. The van der Waals surface area contributed by atoms with Crippen LogP contribution in [0.25, 0.3) is 0 Å². The van der Waals surface area contributed by atoms with Crippen molar-refractivity contribution >= 4 is 11.6 Å². The molecule has 2 nitrogen and oxygen atoms in total. The first kappa shape index (κ1) is 11.3. The second kappa shape index (κ2) is 5.23. The quantitative estimate of drug-likeness (QED) is 0.835. The SMILES string of the molecule is COc1ccc(C(C)CCN)cc1Cl. The van der Waals surface area contributed by atoms with Crippen LogP contribution in [0.15, 0.2) is 18.2 Å². The molecule has 0 aliphatic rings. The Bertz CT molecular complexity index is 301. The largest absolute Gasteiger partial charge is 0.495 e. The minimum Gasteiger partial charge on any atom is -0.495 e. The molecule has 1 aromatic rings. The topological polar surface area (TPSA) is 35.2 Å². The van der Waals surface area contributed by atoms with Gasteiger partial charge in [0.25, 0.3) is 0 Å². The number of hydrogen-bond acceptors (Lipinski definition) is 2. The Labute approximate surface area is 90.0 Å². The molecule has 0 aliphatic carbocycles. The van der Waals surface area contributed by atoms with E-state index in [4.69, 9.17) is 22.1 Å². The van der Waals surface area contributed by atoms with Gasteiger partial charge in [-0.3, -0.25) is 0 Å². The van der Waals surface area contributed by atoms with E-state index in [0.717, 1.165) is 12.2 Å². The van der Waals surface area contributed by atoms with E-state index in [1.54, 1.807) is 7.11 Å². The van der Waals surface area contributed by atoms with Crippen molar-refractivity contribution in [1.82, 2.24) is 0 Å². The van der Waals surface area contributed by atoms with Gasteiger partial charge in [-0.25, -0.2) is 0 Å². The highest BCUT2D eigenvalue weighted by Gasteiger charge is 2.07. The fourth-order valence-corrected chi connectivity index (χ4v) is 1.67. The molecule has 1 unspecified atom stereocenters. The van der Waals surface area contributed by atoms with E-state index in [1.807, 2.05) is 18.2 Å². The van der Waals surface area contributed by atoms with Gasteiger partial charge in [0, 0.05) is 0 Å². The van der Waals surface area contributed by atoms with E-state index < -0.39 is 0 Å². The second-order valence-corrected chi connectivity index (χ2v) is 3.78. The van der Waals surface area contributed by atoms with Crippen molar-refractivity contribution in [1.29, 1.82) is 0 Å². The third kappa shape index (κ3) is 2.63. The van der Waals surface area contributed by atoms with Gasteiger partial charge in [0.05, 0.1) is 12.1 Å². The Balaban J connectivity index is 2.85. The molecule has 0 aromatic heterocycles. The summed E-state index contributed by atoms with van der Waals surface area (Å²) in [6.45, 7) is 2.84. The summed E-state index contributed by atoms with van der Waals surface area (Å²) < 4.78 is 5.08. The Morgan fingerprint density at radius 3 is 2.71 bits per heavy atom. The molecule has 2 N–H and O–H groups in total. The number of methoxy groups -OCH3 is 1. The van der Waals surface area contributed by atoms with E-state index in [2.05, 4.69) is 6.92 Å². The Morgan fingerprint density at radius 2 is 2.21 bits per heavy atom. The molecular formula is C11H16ClNO. The van der Waals surface area contributed by atoms with Gasteiger partial charge in [-0.05, 0) is 36.6 Å². The number of ether oxygens (including phenoxy) is 1. The minimum absolute atomic E-state index is 0.448. The van der Waals surface area contributed by atoms with Gasteiger partial charge in [-0.2, -0.15) is 0 Å². The average molecular weight is 214 g/mol. The Kier molecular flexibility index (Phi) is 4.23. The summed E-state index contributed by atoms with van der Waals surface area (Å²) in [5.74, 6) is 1.17. The maximum atomic E-state index is 6.02. The zero-order chi connectivity index (χ0) is 10.6. The molecule has 0 saturated heterocycles. The third-order valence-corrected chi connectivity index (χ3v) is 2.64. The summed E-state index contributed by atoms with van der Waals surface area (Å²) in [5, 5.41) is 0.661. The summed E-state index contributed by atoms with van der Waals surface area (Å²) in [6, 6.07) is 5.87. The van der Waals surface area contributed by atoms with Crippen LogP contribution in [0.2, 0.25) is 5.02 Å². The molecule has 1 rings (SSSR count). The van der Waals surface area contributed by atoms with Crippen molar-refractivity contribution in [3.8, 4) is 5.75 Å². The summed E-state index contributed by atoms with van der Waals surface area (Å²) in [6.07, 6.45) is 0.975. The van der Waals surface area contributed by atoms with Gasteiger partial charge in [0.2, 0.25) is 0 Å². The molecule has 78 valence electrons. The standard InChI is InChI=1S/C11H16ClNO/c1-8(5-6-13)9-3-4-11(14-2)10(12)7-9/h3-4,7-8H,5-6,13H2,1-2H3. The predicted octanol–water partition coefficient (Wildman–Crippen LogP) is 2.80. The second-order valence-electron chi connectivity index (χ2n) is 3.37. The number of hydrogen-bond donors (Lipinski definition) is 1. The molecule has 3 heteroatoms. The molecular weight excluding hydrogens is 198 g/mol. The zero-order valence-corrected chi connectivity index (χ0v) is 9.34. The molecule has 14 heavy (non-hydrogen) atoms. The van der Waals surface area contributed by atoms with Gasteiger partial charge >= 0.3 is 0 Å². The van der Waals surface area contributed by atoms with Crippen molar-refractivity contribution < 1.29 is 4.74 Å². The molecule has 0 aliphatic heterocycles. The zero-order valence-electron chi connectivity index (χ0n) is 8.59. The lowest BCUT2D eigenvalue weighted by molar-refractivity contribution is 0.414. The minimum atomic E-state index is 0.448. The van der Waals surface area contributed by atoms with E-state index >= 15 is 0 Å². The van der Waals surface area contributed by atoms with E-state index in [1.165, 1.54) is 5.56 Å². The predicted molar refractivity (Wildman–Crippen MR) is 60.1 cm³/mol. The molecule has 0 amide bonds. The summed E-state index contributed by atoms with van der Waals surface area (Å²) >= 11 is 6.02. The van der Waals surface area contributed by atoms with Crippen LogP contribution in [0.5, 0.6) is 5.75 Å². The highest BCUT2D eigenvalue weighted by atomic mass is 35.5. The van der Waals surface area contributed by atoms with Crippen molar-refractivity contribution in [2.45, 2.75) is 19.3 Å². The van der Waals surface area contributed by atoms with Crippen molar-refractivity contribution in [3.05, 3.63) is 28.8 Å². The van der Waals surface area contributed by atoms with Crippen LogP contribution in [-0.2, 0) is 0 Å². The van der Waals surface area contributed by atoms with Crippen molar-refractivity contribution in [2.24, 2.45) is 5.73 Å². The van der Waals surface area contributed by atoms with Crippen LogP contribution >= 0.6 is 11.6 Å². The van der Waals surface area contributed by atoms with E-state index in [0.29, 0.717) is 17.5 Å². The molecule has 0 radical (unpaired) electrons. The first-order valence-electron chi connectivity index (χ1n) is 4.72. The molecule has 0 heterocycles. The van der Waals surface area contributed by atoms with E-state index in [-0.39, 0.29) is 0 Å². The lowest BCUT2D eigenvalue weighted by atomic mass is 9.98. The highest BCUT2D eigenvalue weighted by molar-refractivity contribution is 6.32. The van der Waals surface area contributed by atoms with Crippen LogP contribution in [0.4, 0.5) is 0 Å². The van der Waals surface area contributed by atoms with Gasteiger partial charge < -0.3 is 10.5 Å². The molecule has 0 saturated carbocycles. The third-order valence-electron chi connectivity index (χ3n) is 2.34. The first-order valence-corrected chi connectivity index (χ1v) is 5.10. The number of benzene rings is 1. The molecule has 0 fully saturated rings. The molecule has 0 spiro atoms. The van der Waals surface area contributed by atoms with Gasteiger partial charge in [0.15, 0.2) is 0 Å². The van der Waals surface area contributed by atoms with Crippen LogP contribution in [0.3, 0.4) is 0 Å². The monoisotopic (exact) mass is 213 g/mol. The maximum absolute atomic E-state index is 6.02. The Hall–Kier alpha value is -0.730. The van der Waals surface area contributed by atoms with Gasteiger partial charge in [-0.1, -0.05) is 24.6 Å². The molecule has 0 bridgehead atoms. The van der Waals surface area contributed by atoms with Gasteiger partial charge in [0.1, 0.15) is 5.75 Å². The first-order chi connectivity index (χ1) is 6.69. The lowest BCUT2D eigenvalue weighted by Gasteiger charge is -2.12. The van der Waals surface area contributed by atoms with Crippen LogP contribution in [-0.4, -0.2) is 13.7 Å². The smallest absolute Gasteiger partial charge is 0.137 e. The number of halogens is 1. The van der Waals surface area contributed by atoms with Crippen LogP contribution in [0.1, 0.15) is 24.8 Å². The summed E-state index contributed by atoms with van der Waals surface area (Å²) in [5.41, 5.74) is 6.71. The molecule has 1 aromatic carbocycles. The highest BCUT2D eigenvalue weighted by Crippen LogP contribution is 2.29. The van der Waals surface area contributed by atoms with Crippen molar-refractivity contribution in [2.75, 3.05) is 13.7 Å². The molecule has 1 atom stereocenters. The van der Waals surface area contributed by atoms with Crippen LogP contribution < -0.4 is 10.5 Å². The Morgan fingerprint density at radius 1 is 1.50 bits per heavy atom. The maximum Gasteiger partial charge on any atom is 0.137 e. The van der Waals surface area contributed by atoms with Crippen molar-refractivity contribution in [3.63, 3.8) is 0 Å². The number of rotatable bonds is 4. The normalized spacial score (nSPS) is 12.6. The summed E-state index contributed by atoms with van der Waals surface area (Å²) in [4.78, 5) is 0. The average Bonchev–Trinajstić information content (AvgIpc) is 2.18. The van der Waals surface area contributed by atoms with Crippen LogP contribution in [0, 0.1) is 0 Å². The summed E-state index contributed by atoms with van der Waals surface area (Å²) in [7, 11) is 1.62. The van der Waals surface area contributed by atoms with E-state index in [9.17, 15) is 0 Å².